The SMILES string of the molecule is CCOc1cc([C@H](C)NC(=O)[C@H]2C[C@@H]2c2ccccc2)ccn1. The van der Waals surface area contributed by atoms with Gasteiger partial charge < -0.3 is 10.1 Å². The van der Waals surface area contributed by atoms with Crippen molar-refractivity contribution in [3.8, 4) is 5.88 Å². The first-order valence-electron chi connectivity index (χ1n) is 8.13. The lowest BCUT2D eigenvalue weighted by molar-refractivity contribution is -0.123. The van der Waals surface area contributed by atoms with Gasteiger partial charge in [0.15, 0.2) is 0 Å². The minimum atomic E-state index is -0.0540. The number of hydrogen-bond acceptors (Lipinski definition) is 3. The highest BCUT2D eigenvalue weighted by atomic mass is 16.5. The van der Waals surface area contributed by atoms with Gasteiger partial charge in [0.2, 0.25) is 11.8 Å². The minimum Gasteiger partial charge on any atom is -0.478 e. The first-order valence-corrected chi connectivity index (χ1v) is 8.13. The molecule has 1 aliphatic carbocycles. The van der Waals surface area contributed by atoms with Crippen LogP contribution in [-0.4, -0.2) is 17.5 Å². The Labute approximate surface area is 136 Å². The molecule has 3 atom stereocenters. The van der Waals surface area contributed by atoms with Gasteiger partial charge in [-0.25, -0.2) is 4.98 Å². The van der Waals surface area contributed by atoms with Gasteiger partial charge in [0.25, 0.3) is 0 Å². The molecule has 23 heavy (non-hydrogen) atoms. The number of pyridine rings is 1. The largest absolute Gasteiger partial charge is 0.478 e. The van der Waals surface area contributed by atoms with Crippen molar-refractivity contribution in [1.82, 2.24) is 10.3 Å². The lowest BCUT2D eigenvalue weighted by Crippen LogP contribution is -2.28. The van der Waals surface area contributed by atoms with Crippen molar-refractivity contribution < 1.29 is 9.53 Å². The quantitative estimate of drug-likeness (QED) is 0.889. The second-order valence-electron chi connectivity index (χ2n) is 5.95. The molecule has 4 heteroatoms. The zero-order valence-electron chi connectivity index (χ0n) is 13.5. The van der Waals surface area contributed by atoms with Crippen LogP contribution < -0.4 is 10.1 Å². The van der Waals surface area contributed by atoms with E-state index in [0.29, 0.717) is 18.4 Å². The van der Waals surface area contributed by atoms with E-state index in [0.717, 1.165) is 12.0 Å². The highest BCUT2D eigenvalue weighted by Crippen LogP contribution is 2.47. The van der Waals surface area contributed by atoms with Crippen LogP contribution in [0.2, 0.25) is 0 Å². The summed E-state index contributed by atoms with van der Waals surface area (Å²) in [5.74, 6) is 1.17. The summed E-state index contributed by atoms with van der Waals surface area (Å²) in [5, 5.41) is 3.10. The topological polar surface area (TPSA) is 51.2 Å². The van der Waals surface area contributed by atoms with Crippen LogP contribution in [0.25, 0.3) is 0 Å². The van der Waals surface area contributed by atoms with Crippen LogP contribution in [0.1, 0.15) is 43.4 Å². The molecule has 0 bridgehead atoms. The second-order valence-corrected chi connectivity index (χ2v) is 5.95. The van der Waals surface area contributed by atoms with Gasteiger partial charge >= 0.3 is 0 Å². The van der Waals surface area contributed by atoms with Crippen molar-refractivity contribution in [1.29, 1.82) is 0 Å². The van der Waals surface area contributed by atoms with Crippen molar-refractivity contribution >= 4 is 5.91 Å². The molecular weight excluding hydrogens is 288 g/mol. The van der Waals surface area contributed by atoms with Gasteiger partial charge in [-0.15, -0.1) is 0 Å². The van der Waals surface area contributed by atoms with Crippen LogP contribution in [0.5, 0.6) is 5.88 Å². The summed E-state index contributed by atoms with van der Waals surface area (Å²) < 4.78 is 5.41. The molecule has 1 aliphatic rings. The smallest absolute Gasteiger partial charge is 0.224 e. The van der Waals surface area contributed by atoms with Crippen molar-refractivity contribution in [3.63, 3.8) is 0 Å². The van der Waals surface area contributed by atoms with Crippen LogP contribution in [0.4, 0.5) is 0 Å². The maximum absolute atomic E-state index is 12.4. The zero-order chi connectivity index (χ0) is 16.2. The number of rotatable bonds is 6. The van der Waals surface area contributed by atoms with Gasteiger partial charge in [-0.05, 0) is 43.4 Å². The van der Waals surface area contributed by atoms with Crippen LogP contribution in [0.15, 0.2) is 48.7 Å². The first-order chi connectivity index (χ1) is 11.2. The molecule has 0 spiro atoms. The molecule has 4 nitrogen and oxygen atoms in total. The molecule has 3 rings (SSSR count). The van der Waals surface area contributed by atoms with E-state index in [1.165, 1.54) is 5.56 Å². The number of carbonyl (C=O) groups excluding carboxylic acids is 1. The van der Waals surface area contributed by atoms with Crippen LogP contribution in [0, 0.1) is 5.92 Å². The van der Waals surface area contributed by atoms with Crippen molar-refractivity contribution in [3.05, 3.63) is 59.8 Å². The summed E-state index contributed by atoms with van der Waals surface area (Å²) >= 11 is 0. The van der Waals surface area contributed by atoms with Gasteiger partial charge in [-0.3, -0.25) is 4.79 Å². The molecule has 0 saturated heterocycles. The fourth-order valence-electron chi connectivity index (χ4n) is 2.88. The van der Waals surface area contributed by atoms with Gasteiger partial charge in [0.1, 0.15) is 0 Å². The second kappa shape index (κ2) is 6.82. The minimum absolute atomic E-state index is 0.0540. The fraction of sp³-hybridized carbons (Fsp3) is 0.368. The van der Waals surface area contributed by atoms with E-state index in [2.05, 4.69) is 22.4 Å². The number of hydrogen-bond donors (Lipinski definition) is 1. The Balaban J connectivity index is 1.59. The molecule has 1 heterocycles. The molecule has 0 aliphatic heterocycles. The molecular formula is C19H22N2O2. The summed E-state index contributed by atoms with van der Waals surface area (Å²) in [4.78, 5) is 16.6. The number of carbonyl (C=O) groups is 1. The normalized spacial score (nSPS) is 20.6. The van der Waals surface area contributed by atoms with Gasteiger partial charge in [-0.1, -0.05) is 30.3 Å². The average molecular weight is 310 g/mol. The molecule has 1 aromatic heterocycles. The Kier molecular flexibility index (Phi) is 4.60. The molecule has 1 saturated carbocycles. The Morgan fingerprint density at radius 3 is 2.87 bits per heavy atom. The average Bonchev–Trinajstić information content (AvgIpc) is 3.37. The highest BCUT2D eigenvalue weighted by Gasteiger charge is 2.44. The summed E-state index contributed by atoms with van der Waals surface area (Å²) in [7, 11) is 0. The Hall–Kier alpha value is -2.36. The molecule has 1 N–H and O–H groups in total. The van der Waals surface area contributed by atoms with E-state index in [9.17, 15) is 4.79 Å². The molecule has 0 unspecified atom stereocenters. The maximum Gasteiger partial charge on any atom is 0.224 e. The summed E-state index contributed by atoms with van der Waals surface area (Å²) in [6, 6.07) is 14.0. The number of amides is 1. The molecule has 2 aromatic rings. The number of ether oxygens (including phenoxy) is 1. The van der Waals surface area contributed by atoms with Gasteiger partial charge in [-0.2, -0.15) is 0 Å². The summed E-state index contributed by atoms with van der Waals surface area (Å²) in [6.45, 7) is 4.50. The lowest BCUT2D eigenvalue weighted by atomic mass is 10.1. The van der Waals surface area contributed by atoms with Crippen molar-refractivity contribution in [2.75, 3.05) is 6.61 Å². The van der Waals surface area contributed by atoms with E-state index in [4.69, 9.17) is 4.74 Å². The van der Waals surface area contributed by atoms with E-state index < -0.39 is 0 Å². The predicted octanol–water partition coefficient (Wildman–Crippen LogP) is 3.46. The highest BCUT2D eigenvalue weighted by molar-refractivity contribution is 5.83. The fourth-order valence-corrected chi connectivity index (χ4v) is 2.88. The maximum atomic E-state index is 12.4. The molecule has 1 aromatic carbocycles. The molecule has 0 radical (unpaired) electrons. The number of benzene rings is 1. The Morgan fingerprint density at radius 1 is 1.35 bits per heavy atom. The molecule has 1 amide bonds. The number of aromatic nitrogens is 1. The van der Waals surface area contributed by atoms with Gasteiger partial charge in [0.05, 0.1) is 12.6 Å². The predicted molar refractivity (Wildman–Crippen MR) is 89.3 cm³/mol. The summed E-state index contributed by atoms with van der Waals surface area (Å²) in [6.07, 6.45) is 2.65. The monoisotopic (exact) mass is 310 g/mol. The number of nitrogens with one attached hydrogen (secondary N) is 1. The lowest BCUT2D eigenvalue weighted by Gasteiger charge is -2.15. The van der Waals surface area contributed by atoms with Crippen LogP contribution in [0.3, 0.4) is 0 Å². The van der Waals surface area contributed by atoms with E-state index in [1.807, 2.05) is 44.2 Å². The molecule has 1 fully saturated rings. The third kappa shape index (κ3) is 3.70. The number of nitrogens with zero attached hydrogens (tertiary/aromatic N) is 1. The van der Waals surface area contributed by atoms with Crippen LogP contribution >= 0.6 is 0 Å². The zero-order valence-corrected chi connectivity index (χ0v) is 13.5. The van der Waals surface area contributed by atoms with Crippen molar-refractivity contribution in [2.45, 2.75) is 32.2 Å². The van der Waals surface area contributed by atoms with Crippen LogP contribution in [-0.2, 0) is 4.79 Å². The third-order valence-corrected chi connectivity index (χ3v) is 4.26. The molecule has 120 valence electrons. The van der Waals surface area contributed by atoms with E-state index in [-0.39, 0.29) is 17.9 Å². The van der Waals surface area contributed by atoms with Crippen molar-refractivity contribution in [2.24, 2.45) is 5.92 Å². The van der Waals surface area contributed by atoms with E-state index >= 15 is 0 Å². The Bertz CT molecular complexity index is 672. The third-order valence-electron chi connectivity index (χ3n) is 4.26. The summed E-state index contributed by atoms with van der Waals surface area (Å²) in [5.41, 5.74) is 2.26. The van der Waals surface area contributed by atoms with E-state index in [1.54, 1.807) is 6.20 Å². The van der Waals surface area contributed by atoms with Gasteiger partial charge in [0, 0.05) is 18.2 Å². The Morgan fingerprint density at radius 2 is 2.13 bits per heavy atom. The standard InChI is InChI=1S/C19H22N2O2/c1-3-23-18-11-15(9-10-20-18)13(2)21-19(22)17-12-16(17)14-7-5-4-6-8-14/h4-11,13,16-17H,3,12H2,1-2H3,(H,21,22)/t13-,16+,17-/m0/s1. The first kappa shape index (κ1) is 15.5.